The zero-order chi connectivity index (χ0) is 19.4. The van der Waals surface area contributed by atoms with Crippen LogP contribution in [0.5, 0.6) is 11.5 Å². The molecule has 0 aliphatic rings. The van der Waals surface area contributed by atoms with Crippen molar-refractivity contribution in [1.82, 2.24) is 0 Å². The van der Waals surface area contributed by atoms with E-state index in [2.05, 4.69) is 0 Å². The van der Waals surface area contributed by atoms with Crippen LogP contribution >= 0.6 is 69.6 Å². The number of ether oxygens (including phenoxy) is 2. The Bertz CT molecular complexity index is 750. The highest BCUT2D eigenvalue weighted by Gasteiger charge is 2.15. The smallest absolute Gasteiger partial charge is 0.252 e. The lowest BCUT2D eigenvalue weighted by Gasteiger charge is -2.13. The third-order valence-corrected chi connectivity index (χ3v) is 4.59. The average molecular weight is 477 g/mol. The van der Waals surface area contributed by atoms with Crippen LogP contribution < -0.4 is 9.47 Å². The van der Waals surface area contributed by atoms with Gasteiger partial charge in [0.15, 0.2) is 11.5 Å². The molecular formula is C16H8Cl6O4. The molecule has 0 aliphatic heterocycles. The molecule has 0 radical (unpaired) electrons. The van der Waals surface area contributed by atoms with Crippen LogP contribution in [-0.2, 0) is 0 Å². The summed E-state index contributed by atoms with van der Waals surface area (Å²) < 4.78 is 10.9. The number of benzene rings is 2. The number of hydrogen-bond acceptors (Lipinski definition) is 4. The van der Waals surface area contributed by atoms with Crippen LogP contribution in [-0.4, -0.2) is 23.7 Å². The molecule has 4 nitrogen and oxygen atoms in total. The molecule has 0 heterocycles. The predicted octanol–water partition coefficient (Wildman–Crippen LogP) is 6.52. The Morgan fingerprint density at radius 1 is 0.654 bits per heavy atom. The van der Waals surface area contributed by atoms with Gasteiger partial charge in [0.25, 0.3) is 10.5 Å². The fourth-order valence-electron chi connectivity index (χ4n) is 1.91. The van der Waals surface area contributed by atoms with Gasteiger partial charge < -0.3 is 9.47 Å². The number of halogens is 6. The van der Waals surface area contributed by atoms with Crippen molar-refractivity contribution in [3.05, 3.63) is 55.5 Å². The van der Waals surface area contributed by atoms with Crippen molar-refractivity contribution in [3.8, 4) is 11.5 Å². The Kier molecular flexibility index (Phi) is 7.71. The van der Waals surface area contributed by atoms with Gasteiger partial charge in [-0.05, 0) is 47.5 Å². The molecule has 26 heavy (non-hydrogen) atoms. The highest BCUT2D eigenvalue weighted by molar-refractivity contribution is 6.68. The Morgan fingerprint density at radius 3 is 1.15 bits per heavy atom. The summed E-state index contributed by atoms with van der Waals surface area (Å²) in [6.45, 7) is 0.104. The van der Waals surface area contributed by atoms with E-state index in [1.165, 1.54) is 24.3 Å². The maximum absolute atomic E-state index is 11.1. The van der Waals surface area contributed by atoms with Gasteiger partial charge in [-0.15, -0.1) is 0 Å². The predicted molar refractivity (Wildman–Crippen MR) is 104 cm³/mol. The van der Waals surface area contributed by atoms with Crippen LogP contribution in [0.3, 0.4) is 0 Å². The summed E-state index contributed by atoms with van der Waals surface area (Å²) in [7, 11) is 0. The third kappa shape index (κ3) is 5.32. The summed E-state index contributed by atoms with van der Waals surface area (Å²) in [5.74, 6) is 0.359. The molecule has 0 unspecified atom stereocenters. The van der Waals surface area contributed by atoms with E-state index in [1.807, 2.05) is 0 Å². The van der Waals surface area contributed by atoms with Gasteiger partial charge in [-0.3, -0.25) is 9.59 Å². The van der Waals surface area contributed by atoms with Gasteiger partial charge in [0, 0.05) is 11.1 Å². The summed E-state index contributed by atoms with van der Waals surface area (Å²) in [6, 6.07) is 5.37. The van der Waals surface area contributed by atoms with Crippen molar-refractivity contribution in [1.29, 1.82) is 0 Å². The second-order valence-corrected chi connectivity index (χ2v) is 7.10. The van der Waals surface area contributed by atoms with E-state index >= 15 is 0 Å². The molecule has 0 spiro atoms. The monoisotopic (exact) mass is 474 g/mol. The van der Waals surface area contributed by atoms with E-state index in [9.17, 15) is 9.59 Å². The van der Waals surface area contributed by atoms with Gasteiger partial charge in [-0.2, -0.15) is 0 Å². The third-order valence-electron chi connectivity index (χ3n) is 3.03. The molecule has 0 N–H and O–H groups in total. The van der Waals surface area contributed by atoms with E-state index in [4.69, 9.17) is 79.1 Å². The van der Waals surface area contributed by atoms with Crippen molar-refractivity contribution in [2.45, 2.75) is 0 Å². The maximum Gasteiger partial charge on any atom is 0.252 e. The minimum atomic E-state index is -0.688. The van der Waals surface area contributed by atoms with Crippen LogP contribution in [0.4, 0.5) is 0 Å². The molecular weight excluding hydrogens is 469 g/mol. The lowest BCUT2D eigenvalue weighted by Crippen LogP contribution is -2.10. The molecule has 10 heteroatoms. The standard InChI is InChI=1S/C16H8Cl6O4/c17-9-3-7(15(21)23)4-10(18)13(9)25-1-2-26-14-11(19)5-8(16(22)24)6-12(14)20/h3-6H,1-2H2. The molecule has 0 bridgehead atoms. The van der Waals surface area contributed by atoms with Crippen molar-refractivity contribution >= 4 is 80.1 Å². The van der Waals surface area contributed by atoms with E-state index in [0.717, 1.165) is 0 Å². The van der Waals surface area contributed by atoms with Gasteiger partial charge >= 0.3 is 0 Å². The van der Waals surface area contributed by atoms with Crippen LogP contribution in [0.1, 0.15) is 20.7 Å². The summed E-state index contributed by atoms with van der Waals surface area (Å²) in [4.78, 5) is 22.3. The molecule has 0 aromatic heterocycles. The molecule has 0 atom stereocenters. The molecule has 2 rings (SSSR count). The number of rotatable bonds is 7. The van der Waals surface area contributed by atoms with Crippen molar-refractivity contribution in [3.63, 3.8) is 0 Å². The maximum atomic E-state index is 11.1. The fourth-order valence-corrected chi connectivity index (χ4v) is 3.32. The molecule has 0 amide bonds. The first kappa shape index (κ1) is 21.4. The summed E-state index contributed by atoms with van der Waals surface area (Å²) in [5, 5.41) is -0.867. The second-order valence-electron chi connectivity index (χ2n) is 4.78. The van der Waals surface area contributed by atoms with Crippen LogP contribution in [0.25, 0.3) is 0 Å². The molecule has 2 aromatic rings. The summed E-state index contributed by atoms with van der Waals surface area (Å²) >= 11 is 34.9. The Hall–Kier alpha value is -0.880. The van der Waals surface area contributed by atoms with Gasteiger partial charge in [0.05, 0.1) is 20.1 Å². The molecule has 2 aromatic carbocycles. The largest absolute Gasteiger partial charge is 0.487 e. The topological polar surface area (TPSA) is 52.6 Å². The van der Waals surface area contributed by atoms with E-state index in [1.54, 1.807) is 0 Å². The Labute approximate surface area is 178 Å². The second kappa shape index (κ2) is 9.36. The van der Waals surface area contributed by atoms with Crippen LogP contribution in [0, 0.1) is 0 Å². The minimum Gasteiger partial charge on any atom is -0.487 e. The first-order valence-corrected chi connectivity index (χ1v) is 9.10. The average Bonchev–Trinajstić information content (AvgIpc) is 2.54. The molecule has 0 fully saturated rings. The lowest BCUT2D eigenvalue weighted by molar-refractivity contribution is 0.107. The minimum absolute atomic E-state index is 0.0520. The lowest BCUT2D eigenvalue weighted by atomic mass is 10.2. The highest BCUT2D eigenvalue weighted by atomic mass is 35.5. The van der Waals surface area contributed by atoms with Crippen LogP contribution in [0.15, 0.2) is 24.3 Å². The van der Waals surface area contributed by atoms with Gasteiger partial charge in [-0.25, -0.2) is 0 Å². The van der Waals surface area contributed by atoms with Crippen molar-refractivity contribution in [2.24, 2.45) is 0 Å². The number of hydrogen-bond donors (Lipinski definition) is 0. The van der Waals surface area contributed by atoms with E-state index < -0.39 is 10.5 Å². The van der Waals surface area contributed by atoms with Crippen molar-refractivity contribution in [2.75, 3.05) is 13.2 Å². The summed E-state index contributed by atoms with van der Waals surface area (Å²) in [6.07, 6.45) is 0. The Balaban J connectivity index is 2.02. The molecule has 138 valence electrons. The quantitative estimate of drug-likeness (QED) is 0.337. The van der Waals surface area contributed by atoms with Crippen molar-refractivity contribution < 1.29 is 19.1 Å². The first-order chi connectivity index (χ1) is 12.2. The number of carbonyl (C=O) groups is 2. The Morgan fingerprint density at radius 2 is 0.923 bits per heavy atom. The van der Waals surface area contributed by atoms with Gasteiger partial charge in [-0.1, -0.05) is 46.4 Å². The van der Waals surface area contributed by atoms with Crippen LogP contribution in [0.2, 0.25) is 20.1 Å². The first-order valence-electron chi connectivity index (χ1n) is 6.84. The SMILES string of the molecule is O=C(Cl)c1cc(Cl)c(OCCOc2c(Cl)cc(C(=O)Cl)cc2Cl)c(Cl)c1. The van der Waals surface area contributed by atoms with Gasteiger partial charge in [0.1, 0.15) is 13.2 Å². The zero-order valence-electron chi connectivity index (χ0n) is 12.6. The summed E-state index contributed by atoms with van der Waals surface area (Å²) in [5.41, 5.74) is 0.301. The molecule has 0 saturated heterocycles. The van der Waals surface area contributed by atoms with E-state index in [-0.39, 0.29) is 55.9 Å². The zero-order valence-corrected chi connectivity index (χ0v) is 17.2. The van der Waals surface area contributed by atoms with Gasteiger partial charge in [0.2, 0.25) is 0 Å². The molecule has 0 saturated carbocycles. The number of carbonyl (C=O) groups excluding carboxylic acids is 2. The highest BCUT2D eigenvalue weighted by Crippen LogP contribution is 2.36. The molecule has 0 aliphatic carbocycles. The van der Waals surface area contributed by atoms with E-state index in [0.29, 0.717) is 0 Å². The normalized spacial score (nSPS) is 10.5. The fraction of sp³-hybridized carbons (Fsp3) is 0.125.